The molecule has 0 atom stereocenters. The van der Waals surface area contributed by atoms with Crippen LogP contribution in [0, 0.1) is 0 Å². The van der Waals surface area contributed by atoms with Crippen molar-refractivity contribution < 1.29 is 19.8 Å². The highest BCUT2D eigenvalue weighted by Gasteiger charge is 2.27. The van der Waals surface area contributed by atoms with Crippen LogP contribution in [0.1, 0.15) is 59.8 Å². The fourth-order valence-corrected chi connectivity index (χ4v) is 3.82. The Balaban J connectivity index is 2.08. The summed E-state index contributed by atoms with van der Waals surface area (Å²) in [4.78, 5) is 40.4. The predicted octanol–water partition coefficient (Wildman–Crippen LogP) is 2.51. The van der Waals surface area contributed by atoms with Crippen LogP contribution in [-0.4, -0.2) is 38.2 Å². The fourth-order valence-electron chi connectivity index (χ4n) is 3.62. The molecule has 0 aliphatic heterocycles. The van der Waals surface area contributed by atoms with Crippen molar-refractivity contribution in [1.82, 2.24) is 14.9 Å². The first kappa shape index (κ1) is 20.9. The molecule has 2 aromatic rings. The third-order valence-corrected chi connectivity index (χ3v) is 5.43. The molecular formula is C20H22ClN3O5. The van der Waals surface area contributed by atoms with Crippen molar-refractivity contribution in [2.45, 2.75) is 44.6 Å². The lowest BCUT2D eigenvalue weighted by Crippen LogP contribution is -2.38. The smallest absolute Gasteiger partial charge is 0.322 e. The Hall–Kier alpha value is -2.87. The summed E-state index contributed by atoms with van der Waals surface area (Å²) in [6.45, 7) is -0.580. The summed E-state index contributed by atoms with van der Waals surface area (Å²) in [6, 6.07) is 7.05. The average Bonchev–Trinajstić information content (AvgIpc) is 2.70. The normalized spacial score (nSPS) is 14.5. The van der Waals surface area contributed by atoms with Gasteiger partial charge in [-0.05, 0) is 24.5 Å². The first-order chi connectivity index (χ1) is 13.9. The van der Waals surface area contributed by atoms with Crippen LogP contribution in [0.15, 0.2) is 29.1 Å². The van der Waals surface area contributed by atoms with Crippen LogP contribution in [0.5, 0.6) is 5.88 Å². The number of nitrogens with zero attached hydrogens (tertiary/aromatic N) is 2. The second-order valence-electron chi connectivity index (χ2n) is 7.06. The maximum absolute atomic E-state index is 13.2. The third kappa shape index (κ3) is 4.76. The number of aliphatic carboxylic acids is 1. The first-order valence-electron chi connectivity index (χ1n) is 9.45. The number of aromatic nitrogens is 2. The minimum absolute atomic E-state index is 0.0130. The van der Waals surface area contributed by atoms with E-state index in [0.717, 1.165) is 32.1 Å². The molecule has 0 spiro atoms. The van der Waals surface area contributed by atoms with Gasteiger partial charge < -0.3 is 15.5 Å². The second-order valence-corrected chi connectivity index (χ2v) is 7.47. The SMILES string of the molecule is O=C(O)CNC(=O)c1c(O)nc(C2CCCCC2)n(Cc2ccccc2Cl)c1=O. The number of benzene rings is 1. The van der Waals surface area contributed by atoms with Crippen molar-refractivity contribution in [1.29, 1.82) is 0 Å². The first-order valence-corrected chi connectivity index (χ1v) is 9.83. The molecule has 1 aromatic carbocycles. The van der Waals surface area contributed by atoms with Gasteiger partial charge in [0.1, 0.15) is 12.4 Å². The van der Waals surface area contributed by atoms with E-state index in [9.17, 15) is 19.5 Å². The summed E-state index contributed by atoms with van der Waals surface area (Å²) >= 11 is 6.25. The molecule has 3 N–H and O–H groups in total. The monoisotopic (exact) mass is 419 g/mol. The molecule has 0 bridgehead atoms. The molecule has 154 valence electrons. The number of hydrogen-bond acceptors (Lipinski definition) is 5. The van der Waals surface area contributed by atoms with Gasteiger partial charge >= 0.3 is 5.97 Å². The molecule has 1 fully saturated rings. The van der Waals surface area contributed by atoms with Gasteiger partial charge in [0, 0.05) is 10.9 Å². The quantitative estimate of drug-likeness (QED) is 0.661. The molecule has 1 aliphatic rings. The molecule has 1 amide bonds. The minimum atomic E-state index is -1.26. The van der Waals surface area contributed by atoms with E-state index in [1.807, 2.05) is 0 Å². The van der Waals surface area contributed by atoms with Crippen molar-refractivity contribution in [2.75, 3.05) is 6.54 Å². The van der Waals surface area contributed by atoms with E-state index in [1.165, 1.54) is 4.57 Å². The zero-order valence-corrected chi connectivity index (χ0v) is 16.5. The number of carboxylic acid groups (broad SMARTS) is 1. The van der Waals surface area contributed by atoms with Gasteiger partial charge in [-0.2, -0.15) is 4.98 Å². The Morgan fingerprint density at radius 2 is 1.90 bits per heavy atom. The van der Waals surface area contributed by atoms with E-state index in [0.29, 0.717) is 16.4 Å². The van der Waals surface area contributed by atoms with Crippen LogP contribution in [0.2, 0.25) is 5.02 Å². The van der Waals surface area contributed by atoms with Gasteiger partial charge in [-0.3, -0.25) is 19.0 Å². The Morgan fingerprint density at radius 3 is 2.55 bits per heavy atom. The van der Waals surface area contributed by atoms with Crippen molar-refractivity contribution in [3.63, 3.8) is 0 Å². The molecule has 3 rings (SSSR count). The van der Waals surface area contributed by atoms with Crippen molar-refractivity contribution in [3.05, 3.63) is 56.6 Å². The largest absolute Gasteiger partial charge is 0.493 e. The number of carbonyl (C=O) groups is 2. The molecule has 0 unspecified atom stereocenters. The summed E-state index contributed by atoms with van der Waals surface area (Å²) < 4.78 is 1.37. The molecule has 1 aliphatic carbocycles. The van der Waals surface area contributed by atoms with Crippen LogP contribution in [-0.2, 0) is 11.3 Å². The number of aromatic hydroxyl groups is 1. The molecular weight excluding hydrogens is 398 g/mol. The summed E-state index contributed by atoms with van der Waals surface area (Å²) in [5.41, 5.74) is -0.614. The average molecular weight is 420 g/mol. The number of nitrogens with one attached hydrogen (secondary N) is 1. The van der Waals surface area contributed by atoms with E-state index in [2.05, 4.69) is 10.3 Å². The van der Waals surface area contributed by atoms with Gasteiger partial charge in [-0.15, -0.1) is 0 Å². The predicted molar refractivity (Wildman–Crippen MR) is 107 cm³/mol. The lowest BCUT2D eigenvalue weighted by molar-refractivity contribution is -0.135. The fraction of sp³-hybridized carbons (Fsp3) is 0.400. The van der Waals surface area contributed by atoms with E-state index in [-0.39, 0.29) is 12.5 Å². The van der Waals surface area contributed by atoms with Crippen molar-refractivity contribution in [3.8, 4) is 5.88 Å². The Kier molecular flexibility index (Phi) is 6.53. The molecule has 1 heterocycles. The highest BCUT2D eigenvalue weighted by molar-refractivity contribution is 6.31. The molecule has 8 nitrogen and oxygen atoms in total. The van der Waals surface area contributed by atoms with E-state index < -0.39 is 35.4 Å². The molecule has 1 saturated carbocycles. The zero-order valence-electron chi connectivity index (χ0n) is 15.7. The number of carboxylic acids is 1. The van der Waals surface area contributed by atoms with E-state index in [1.54, 1.807) is 24.3 Å². The third-order valence-electron chi connectivity index (χ3n) is 5.06. The van der Waals surface area contributed by atoms with Crippen LogP contribution >= 0.6 is 11.6 Å². The highest BCUT2D eigenvalue weighted by Crippen LogP contribution is 2.32. The maximum Gasteiger partial charge on any atom is 0.322 e. The van der Waals surface area contributed by atoms with Gasteiger partial charge in [0.15, 0.2) is 5.56 Å². The highest BCUT2D eigenvalue weighted by atomic mass is 35.5. The van der Waals surface area contributed by atoms with Crippen LogP contribution in [0.3, 0.4) is 0 Å². The van der Waals surface area contributed by atoms with Crippen LogP contribution < -0.4 is 10.9 Å². The Morgan fingerprint density at radius 1 is 1.21 bits per heavy atom. The minimum Gasteiger partial charge on any atom is -0.493 e. The van der Waals surface area contributed by atoms with Crippen molar-refractivity contribution >= 4 is 23.5 Å². The van der Waals surface area contributed by atoms with Gasteiger partial charge in [0.05, 0.1) is 6.54 Å². The molecule has 0 saturated heterocycles. The van der Waals surface area contributed by atoms with Gasteiger partial charge in [0.2, 0.25) is 5.88 Å². The van der Waals surface area contributed by atoms with Gasteiger partial charge in [-0.1, -0.05) is 49.1 Å². The Bertz CT molecular complexity index is 983. The number of amides is 1. The lowest BCUT2D eigenvalue weighted by atomic mass is 9.88. The number of rotatable bonds is 6. The summed E-state index contributed by atoms with van der Waals surface area (Å²) in [6.07, 6.45) is 4.76. The van der Waals surface area contributed by atoms with Gasteiger partial charge in [0.25, 0.3) is 11.5 Å². The van der Waals surface area contributed by atoms with E-state index in [4.69, 9.17) is 16.7 Å². The summed E-state index contributed by atoms with van der Waals surface area (Å²) in [5.74, 6) is -2.52. The van der Waals surface area contributed by atoms with Crippen LogP contribution in [0.25, 0.3) is 0 Å². The molecule has 9 heteroatoms. The standard InChI is InChI=1S/C20H22ClN3O5/c21-14-9-5-4-8-13(14)11-24-17(12-6-2-1-3-7-12)23-19(28)16(20(24)29)18(27)22-10-15(25)26/h4-5,8-9,12,28H,1-3,6-7,10-11H2,(H,22,27)(H,25,26). The zero-order chi connectivity index (χ0) is 21.0. The van der Waals surface area contributed by atoms with E-state index >= 15 is 0 Å². The maximum atomic E-state index is 13.2. The molecule has 29 heavy (non-hydrogen) atoms. The second kappa shape index (κ2) is 9.09. The molecule has 0 radical (unpaired) electrons. The topological polar surface area (TPSA) is 122 Å². The van der Waals surface area contributed by atoms with Crippen LogP contribution in [0.4, 0.5) is 0 Å². The summed E-state index contributed by atoms with van der Waals surface area (Å²) in [7, 11) is 0. The van der Waals surface area contributed by atoms with Gasteiger partial charge in [-0.25, -0.2) is 0 Å². The molecule has 1 aromatic heterocycles. The number of halogens is 1. The number of hydrogen-bond donors (Lipinski definition) is 3. The Labute approximate surface area is 172 Å². The summed E-state index contributed by atoms with van der Waals surface area (Å²) in [5, 5.41) is 21.7. The lowest BCUT2D eigenvalue weighted by Gasteiger charge is -2.25. The number of carbonyl (C=O) groups excluding carboxylic acids is 1. The van der Waals surface area contributed by atoms with Crippen molar-refractivity contribution in [2.24, 2.45) is 0 Å².